The monoisotopic (exact) mass is 629 g/mol. The summed E-state index contributed by atoms with van der Waals surface area (Å²) in [5, 5.41) is 2.96. The molecule has 0 aliphatic carbocycles. The lowest BCUT2D eigenvalue weighted by atomic mass is 10.0. The number of carbonyl (C=O) groups excluding carboxylic acids is 2. The third-order valence-corrected chi connectivity index (χ3v) is 9.21. The molecule has 0 aliphatic heterocycles. The lowest BCUT2D eigenvalue weighted by Gasteiger charge is -2.34. The SMILES string of the molecule is Cc1ccc(CN(C(=O)CN(c2ccccc2F)S(=O)(=O)c2ccc(C)cc2)[C@H](Cc2ccccc2)C(=O)NCC(C)C)cc1. The molecule has 0 saturated heterocycles. The number of nitrogens with zero attached hydrogens (tertiary/aromatic N) is 2. The number of nitrogens with one attached hydrogen (secondary N) is 1. The van der Waals surface area contributed by atoms with Crippen LogP contribution in [0.4, 0.5) is 10.1 Å². The molecule has 0 radical (unpaired) electrons. The molecule has 4 aromatic carbocycles. The fourth-order valence-corrected chi connectivity index (χ4v) is 6.29. The molecule has 1 N–H and O–H groups in total. The summed E-state index contributed by atoms with van der Waals surface area (Å²) in [7, 11) is -4.38. The van der Waals surface area contributed by atoms with E-state index < -0.39 is 34.3 Å². The Morgan fingerprint density at radius 2 is 1.36 bits per heavy atom. The Morgan fingerprint density at radius 3 is 1.96 bits per heavy atom. The molecule has 0 heterocycles. The summed E-state index contributed by atoms with van der Waals surface area (Å²) in [5.74, 6) is -1.62. The van der Waals surface area contributed by atoms with Crippen LogP contribution in [0.15, 0.2) is 108 Å². The van der Waals surface area contributed by atoms with Gasteiger partial charge in [-0.15, -0.1) is 0 Å². The maximum Gasteiger partial charge on any atom is 0.264 e. The summed E-state index contributed by atoms with van der Waals surface area (Å²) in [6.45, 7) is 7.46. The normalized spacial score (nSPS) is 12.0. The summed E-state index contributed by atoms with van der Waals surface area (Å²) in [6.07, 6.45) is 0.201. The van der Waals surface area contributed by atoms with Gasteiger partial charge in [-0.1, -0.05) is 104 Å². The molecule has 0 unspecified atom stereocenters. The molecule has 0 aliphatic rings. The lowest BCUT2D eigenvalue weighted by molar-refractivity contribution is -0.140. The van der Waals surface area contributed by atoms with Crippen LogP contribution in [0.3, 0.4) is 0 Å². The molecule has 45 heavy (non-hydrogen) atoms. The van der Waals surface area contributed by atoms with Gasteiger partial charge in [0.2, 0.25) is 11.8 Å². The fourth-order valence-electron chi connectivity index (χ4n) is 4.87. The molecular weight excluding hydrogens is 589 g/mol. The Bertz CT molecular complexity index is 1690. The molecule has 0 fully saturated rings. The minimum atomic E-state index is -4.38. The summed E-state index contributed by atoms with van der Waals surface area (Å²) in [4.78, 5) is 29.6. The number of carbonyl (C=O) groups is 2. The van der Waals surface area contributed by atoms with Crippen LogP contribution in [0.5, 0.6) is 0 Å². The second-order valence-electron chi connectivity index (χ2n) is 11.6. The van der Waals surface area contributed by atoms with Crippen molar-refractivity contribution in [3.05, 3.63) is 131 Å². The molecule has 4 rings (SSSR count). The predicted octanol–water partition coefficient (Wildman–Crippen LogP) is 6.05. The first-order valence-corrected chi connectivity index (χ1v) is 16.4. The number of hydrogen-bond acceptors (Lipinski definition) is 4. The predicted molar refractivity (Wildman–Crippen MR) is 176 cm³/mol. The van der Waals surface area contributed by atoms with E-state index in [0.717, 1.165) is 32.6 Å². The van der Waals surface area contributed by atoms with Crippen molar-refractivity contribution < 1.29 is 22.4 Å². The minimum Gasteiger partial charge on any atom is -0.354 e. The molecule has 0 saturated carbocycles. The highest BCUT2D eigenvalue weighted by Crippen LogP contribution is 2.27. The van der Waals surface area contributed by atoms with Crippen molar-refractivity contribution in [1.82, 2.24) is 10.2 Å². The van der Waals surface area contributed by atoms with Crippen molar-refractivity contribution in [1.29, 1.82) is 0 Å². The van der Waals surface area contributed by atoms with Crippen LogP contribution < -0.4 is 9.62 Å². The van der Waals surface area contributed by atoms with Gasteiger partial charge in [-0.3, -0.25) is 13.9 Å². The minimum absolute atomic E-state index is 0.0431. The van der Waals surface area contributed by atoms with E-state index in [9.17, 15) is 18.0 Å². The Morgan fingerprint density at radius 1 is 0.778 bits per heavy atom. The van der Waals surface area contributed by atoms with Crippen LogP contribution >= 0.6 is 0 Å². The van der Waals surface area contributed by atoms with Crippen molar-refractivity contribution in [3.63, 3.8) is 0 Å². The first-order valence-electron chi connectivity index (χ1n) is 15.0. The van der Waals surface area contributed by atoms with Crippen molar-refractivity contribution in [2.45, 2.75) is 51.6 Å². The van der Waals surface area contributed by atoms with Gasteiger partial charge in [0, 0.05) is 19.5 Å². The Kier molecular flexibility index (Phi) is 11.1. The highest BCUT2D eigenvalue weighted by atomic mass is 32.2. The first-order chi connectivity index (χ1) is 21.5. The summed E-state index contributed by atoms with van der Waals surface area (Å²) in [6, 6.07) is 27.6. The van der Waals surface area contributed by atoms with Crippen LogP contribution in [-0.2, 0) is 32.6 Å². The zero-order valence-electron chi connectivity index (χ0n) is 26.1. The molecule has 0 aromatic heterocycles. The molecule has 9 heteroatoms. The average Bonchev–Trinajstić information content (AvgIpc) is 3.02. The summed E-state index contributed by atoms with van der Waals surface area (Å²) in [5.41, 5.74) is 3.22. The van der Waals surface area contributed by atoms with E-state index >= 15 is 4.39 Å². The van der Waals surface area contributed by atoms with Gasteiger partial charge in [0.15, 0.2) is 0 Å². The second kappa shape index (κ2) is 15.0. The van der Waals surface area contributed by atoms with Crippen molar-refractivity contribution in [2.75, 3.05) is 17.4 Å². The van der Waals surface area contributed by atoms with Crippen LogP contribution in [0.25, 0.3) is 0 Å². The maximum absolute atomic E-state index is 15.2. The van der Waals surface area contributed by atoms with Crippen molar-refractivity contribution in [3.8, 4) is 0 Å². The number of halogens is 1. The van der Waals surface area contributed by atoms with Crippen LogP contribution in [0, 0.1) is 25.6 Å². The van der Waals surface area contributed by atoms with E-state index in [4.69, 9.17) is 0 Å². The first kappa shape index (κ1) is 33.4. The van der Waals surface area contributed by atoms with E-state index in [1.54, 1.807) is 12.1 Å². The van der Waals surface area contributed by atoms with Gasteiger partial charge in [0.05, 0.1) is 10.6 Å². The topological polar surface area (TPSA) is 86.8 Å². The van der Waals surface area contributed by atoms with Crippen LogP contribution in [0.2, 0.25) is 0 Å². The molecule has 4 aromatic rings. The quantitative estimate of drug-likeness (QED) is 0.195. The standard InChI is InChI=1S/C36H40FN3O4S/c1-26(2)23-38-36(42)34(22-29-10-6-5-7-11-29)39(24-30-18-14-27(3)15-19-30)35(41)25-40(33-13-9-8-12-32(33)37)45(43,44)31-20-16-28(4)17-21-31/h5-21,26,34H,22-25H2,1-4H3,(H,38,42)/t34-/m1/s1. The Labute approximate surface area is 265 Å². The number of para-hydroxylation sites is 1. The van der Waals surface area contributed by atoms with Gasteiger partial charge in [-0.2, -0.15) is 0 Å². The smallest absolute Gasteiger partial charge is 0.264 e. The number of sulfonamides is 1. The number of benzene rings is 4. The van der Waals surface area contributed by atoms with Crippen LogP contribution in [0.1, 0.15) is 36.1 Å². The van der Waals surface area contributed by atoms with Gasteiger partial charge < -0.3 is 10.2 Å². The highest BCUT2D eigenvalue weighted by Gasteiger charge is 2.35. The fraction of sp³-hybridized carbons (Fsp3) is 0.278. The van der Waals surface area contributed by atoms with Gasteiger partial charge >= 0.3 is 0 Å². The van der Waals surface area contributed by atoms with Crippen molar-refractivity contribution in [2.24, 2.45) is 5.92 Å². The summed E-state index contributed by atoms with van der Waals surface area (Å²) < 4.78 is 44.1. The average molecular weight is 630 g/mol. The molecule has 0 spiro atoms. The number of anilines is 1. The van der Waals surface area contributed by atoms with E-state index in [2.05, 4.69) is 5.32 Å². The summed E-state index contributed by atoms with van der Waals surface area (Å²) >= 11 is 0. The zero-order chi connectivity index (χ0) is 32.6. The molecule has 2 amide bonds. The Hall–Kier alpha value is -4.50. The molecule has 7 nitrogen and oxygen atoms in total. The largest absolute Gasteiger partial charge is 0.354 e. The van der Waals surface area contributed by atoms with Gasteiger partial charge in [0.25, 0.3) is 10.0 Å². The molecule has 0 bridgehead atoms. The molecule has 1 atom stereocenters. The Balaban J connectivity index is 1.80. The number of amides is 2. The van der Waals surface area contributed by atoms with Gasteiger partial charge in [-0.25, -0.2) is 12.8 Å². The van der Waals surface area contributed by atoms with E-state index in [1.807, 2.05) is 82.3 Å². The van der Waals surface area contributed by atoms with Crippen molar-refractivity contribution >= 4 is 27.5 Å². The second-order valence-corrected chi connectivity index (χ2v) is 13.5. The number of hydrogen-bond donors (Lipinski definition) is 1. The molecule has 236 valence electrons. The van der Waals surface area contributed by atoms with E-state index in [1.165, 1.54) is 35.2 Å². The number of rotatable bonds is 13. The zero-order valence-corrected chi connectivity index (χ0v) is 26.9. The maximum atomic E-state index is 15.2. The third kappa shape index (κ3) is 8.79. The van der Waals surface area contributed by atoms with Crippen LogP contribution in [-0.4, -0.2) is 44.3 Å². The van der Waals surface area contributed by atoms with E-state index in [-0.39, 0.29) is 35.4 Å². The number of aryl methyl sites for hydroxylation is 2. The van der Waals surface area contributed by atoms with Gasteiger partial charge in [-0.05, 0) is 55.2 Å². The van der Waals surface area contributed by atoms with Gasteiger partial charge in [0.1, 0.15) is 18.4 Å². The lowest BCUT2D eigenvalue weighted by Crippen LogP contribution is -2.53. The molecular formula is C36H40FN3O4S. The third-order valence-electron chi connectivity index (χ3n) is 7.44. The van der Waals surface area contributed by atoms with E-state index in [0.29, 0.717) is 6.54 Å². The highest BCUT2D eigenvalue weighted by molar-refractivity contribution is 7.92.